The molecule has 52 heavy (non-hydrogen) atoms. The third-order valence-electron chi connectivity index (χ3n) is 10.2. The van der Waals surface area contributed by atoms with Crippen LogP contribution in [0.2, 0.25) is 0 Å². The summed E-state index contributed by atoms with van der Waals surface area (Å²) < 4.78 is 47.7. The first-order valence-corrected chi connectivity index (χ1v) is 17.6. The van der Waals surface area contributed by atoms with E-state index < -0.39 is 101 Å². The molecule has 0 unspecified atom stereocenters. The number of ether oxygens (including phenoxy) is 8. The van der Waals surface area contributed by atoms with Crippen molar-refractivity contribution in [1.29, 1.82) is 0 Å². The Bertz CT molecular complexity index is 1480. The second kappa shape index (κ2) is 15.7. The zero-order valence-electron chi connectivity index (χ0n) is 31.5. The lowest BCUT2D eigenvalue weighted by Gasteiger charge is -2.59. The Morgan fingerprint density at radius 3 is 1.88 bits per heavy atom. The number of hydrogen-bond acceptors (Lipinski definition) is 15. The maximum atomic E-state index is 13.7. The highest BCUT2D eigenvalue weighted by Gasteiger charge is 2.81. The molecule has 3 fully saturated rings. The molecule has 2 aliphatic carbocycles. The van der Waals surface area contributed by atoms with Gasteiger partial charge in [-0.25, -0.2) is 0 Å². The fraction of sp³-hybridized carbons (Fsp3) is 0.730. The summed E-state index contributed by atoms with van der Waals surface area (Å²) in [6, 6.07) is 0. The van der Waals surface area contributed by atoms with Crippen molar-refractivity contribution in [3.8, 4) is 0 Å². The lowest BCUT2D eigenvalue weighted by molar-refractivity contribution is -0.280. The third-order valence-corrected chi connectivity index (χ3v) is 10.2. The summed E-state index contributed by atoms with van der Waals surface area (Å²) in [6.07, 6.45) is -4.84. The molecule has 0 bridgehead atoms. The monoisotopic (exact) mass is 736 g/mol. The first kappa shape index (κ1) is 40.9. The number of methoxy groups -OCH3 is 1. The highest BCUT2D eigenvalue weighted by Crippen LogP contribution is 2.63. The highest BCUT2D eigenvalue weighted by atomic mass is 16.7. The smallest absolute Gasteiger partial charge is 0.312 e. The Kier molecular flexibility index (Phi) is 12.3. The van der Waals surface area contributed by atoms with Crippen LogP contribution < -0.4 is 0 Å². The van der Waals surface area contributed by atoms with E-state index in [0.717, 1.165) is 13.8 Å². The Labute approximate surface area is 303 Å². The van der Waals surface area contributed by atoms with Crippen LogP contribution in [0.4, 0.5) is 0 Å². The summed E-state index contributed by atoms with van der Waals surface area (Å²) in [5.74, 6) is -7.74. The van der Waals surface area contributed by atoms with Gasteiger partial charge in [-0.2, -0.15) is 0 Å². The summed E-state index contributed by atoms with van der Waals surface area (Å²) >= 11 is 0. The molecular weight excluding hydrogens is 684 g/mol. The second-order valence-electron chi connectivity index (χ2n) is 15.2. The zero-order chi connectivity index (χ0) is 38.9. The Balaban J connectivity index is 2.16. The standard InChI is InChI=1S/C37H52O15/c1-18(2)13-27(41)51-31-29(48-22(7)39)32(52-28(42)14-19(3)4)36(17-46-36)30-33(49-23(8)40)37(44)20(5)34(43)50-26(37)15-24(16-45-10)11-12-25(35(30,31)9)47-21(6)38/h11-12,15,18-20,25-26,29-33,44H,13-14,16-17H2,1-10H3/b12-11-,24-15-/t20-,25-,26-,29+,30+,31-,32+,33-,35+,36-,37-/m0/s1. The van der Waals surface area contributed by atoms with Crippen molar-refractivity contribution < 1.29 is 71.8 Å². The number of carbonyl (C=O) groups is 6. The van der Waals surface area contributed by atoms with Gasteiger partial charge in [0.05, 0.1) is 24.5 Å². The molecule has 15 heteroatoms. The maximum absolute atomic E-state index is 13.7. The Morgan fingerprint density at radius 1 is 0.865 bits per heavy atom. The number of rotatable bonds is 11. The Morgan fingerprint density at radius 2 is 1.40 bits per heavy atom. The van der Waals surface area contributed by atoms with Crippen LogP contribution in [0.25, 0.3) is 0 Å². The number of hydrogen-bond donors (Lipinski definition) is 1. The predicted octanol–water partition coefficient (Wildman–Crippen LogP) is 2.54. The summed E-state index contributed by atoms with van der Waals surface area (Å²) in [5, 5.41) is 12.9. The lowest BCUT2D eigenvalue weighted by Crippen LogP contribution is -2.76. The molecule has 15 nitrogen and oxygen atoms in total. The van der Waals surface area contributed by atoms with Gasteiger partial charge in [0.25, 0.3) is 0 Å². The number of epoxide rings is 1. The number of aliphatic hydroxyl groups is 1. The summed E-state index contributed by atoms with van der Waals surface area (Å²) in [6.45, 7) is 13.3. The molecule has 2 aliphatic heterocycles. The van der Waals surface area contributed by atoms with Crippen molar-refractivity contribution in [3.05, 3.63) is 23.8 Å². The van der Waals surface area contributed by atoms with E-state index in [0.29, 0.717) is 5.57 Å². The number of fused-ring (bicyclic) bond motifs is 3. The highest BCUT2D eigenvalue weighted by molar-refractivity contribution is 5.78. The van der Waals surface area contributed by atoms with Crippen molar-refractivity contribution >= 4 is 35.8 Å². The molecule has 1 saturated carbocycles. The van der Waals surface area contributed by atoms with E-state index in [1.807, 2.05) is 0 Å². The van der Waals surface area contributed by atoms with Gasteiger partial charge >= 0.3 is 35.8 Å². The van der Waals surface area contributed by atoms with Gasteiger partial charge in [0.2, 0.25) is 0 Å². The van der Waals surface area contributed by atoms with Crippen LogP contribution in [0.15, 0.2) is 23.8 Å². The van der Waals surface area contributed by atoms with Gasteiger partial charge in [0, 0.05) is 46.6 Å². The van der Waals surface area contributed by atoms with Crippen LogP contribution in [0.1, 0.15) is 75.2 Å². The molecule has 0 aromatic carbocycles. The van der Waals surface area contributed by atoms with Gasteiger partial charge in [-0.3, -0.25) is 28.8 Å². The van der Waals surface area contributed by atoms with Crippen LogP contribution in [-0.2, 0) is 66.7 Å². The lowest BCUT2D eigenvalue weighted by atomic mass is 9.51. The molecule has 2 saturated heterocycles. The van der Waals surface area contributed by atoms with E-state index in [1.54, 1.807) is 40.7 Å². The van der Waals surface area contributed by atoms with E-state index in [4.69, 9.17) is 37.9 Å². The third kappa shape index (κ3) is 7.91. The molecule has 0 amide bonds. The minimum Gasteiger partial charge on any atom is -0.459 e. The molecule has 0 aromatic rings. The second-order valence-corrected chi connectivity index (χ2v) is 15.2. The van der Waals surface area contributed by atoms with E-state index in [-0.39, 0.29) is 37.9 Å². The van der Waals surface area contributed by atoms with E-state index in [2.05, 4.69) is 0 Å². The first-order valence-electron chi connectivity index (χ1n) is 17.6. The van der Waals surface area contributed by atoms with Gasteiger partial charge in [-0.05, 0) is 36.5 Å². The van der Waals surface area contributed by atoms with Gasteiger partial charge in [0.1, 0.15) is 17.8 Å². The molecule has 1 spiro atoms. The minimum absolute atomic E-state index is 0.0516. The average Bonchev–Trinajstić information content (AvgIpc) is 3.76. The predicted molar refractivity (Wildman–Crippen MR) is 179 cm³/mol. The van der Waals surface area contributed by atoms with Gasteiger partial charge < -0.3 is 43.0 Å². The van der Waals surface area contributed by atoms with Gasteiger partial charge in [-0.15, -0.1) is 0 Å². The molecular formula is C37H52O15. The number of carbonyl (C=O) groups excluding carboxylic acids is 6. The summed E-state index contributed by atoms with van der Waals surface area (Å²) in [7, 11) is 1.43. The molecule has 1 N–H and O–H groups in total. The fourth-order valence-electron chi connectivity index (χ4n) is 7.96. The van der Waals surface area contributed by atoms with Crippen LogP contribution >= 0.6 is 0 Å². The van der Waals surface area contributed by atoms with Crippen molar-refractivity contribution in [3.63, 3.8) is 0 Å². The molecule has 2 heterocycles. The van der Waals surface area contributed by atoms with Gasteiger partial charge in [-0.1, -0.05) is 40.7 Å². The molecule has 4 aliphatic rings. The molecule has 4 rings (SSSR count). The maximum Gasteiger partial charge on any atom is 0.312 e. The van der Waals surface area contributed by atoms with Crippen LogP contribution in [0.3, 0.4) is 0 Å². The molecule has 0 radical (unpaired) electrons. The van der Waals surface area contributed by atoms with Crippen LogP contribution in [0, 0.1) is 29.1 Å². The van der Waals surface area contributed by atoms with Crippen molar-refractivity contribution in [2.45, 2.75) is 123 Å². The summed E-state index contributed by atoms with van der Waals surface area (Å²) in [4.78, 5) is 79.5. The van der Waals surface area contributed by atoms with Crippen LogP contribution in [0.5, 0.6) is 0 Å². The molecule has 290 valence electrons. The number of esters is 6. The average molecular weight is 737 g/mol. The van der Waals surface area contributed by atoms with Crippen LogP contribution in [-0.4, -0.2) is 109 Å². The Hall–Kier alpha value is -3.82. The van der Waals surface area contributed by atoms with Crippen molar-refractivity contribution in [2.75, 3.05) is 20.3 Å². The normalized spacial score (nSPS) is 38.2. The van der Waals surface area contributed by atoms with E-state index in [9.17, 15) is 33.9 Å². The van der Waals surface area contributed by atoms with Gasteiger partial charge in [0.15, 0.2) is 30.0 Å². The largest absolute Gasteiger partial charge is 0.459 e. The van der Waals surface area contributed by atoms with E-state index in [1.165, 1.54) is 33.1 Å². The van der Waals surface area contributed by atoms with Crippen molar-refractivity contribution in [1.82, 2.24) is 0 Å². The van der Waals surface area contributed by atoms with E-state index >= 15 is 0 Å². The molecule has 0 aromatic heterocycles. The first-order chi connectivity index (χ1) is 24.2. The summed E-state index contributed by atoms with van der Waals surface area (Å²) in [5.41, 5.74) is -5.51. The zero-order valence-corrected chi connectivity index (χ0v) is 31.5. The SMILES string of the molecule is COCC1=C\[C@@H]2OC(=O)[C@H](C)[C@@]2(O)[C@@H](OC(C)=O)[C@H]2[C@@]3(CO3)[C@H](OC(=O)CC(C)C)[C@H](OC(C)=O)[C@H](OC(=O)CC(C)C)[C@]2(C)[C@@H](OC(C)=O)/C=C\1. The quantitative estimate of drug-likeness (QED) is 0.184. The van der Waals surface area contributed by atoms with Crippen molar-refractivity contribution in [2.24, 2.45) is 29.1 Å². The fourth-order valence-corrected chi connectivity index (χ4v) is 7.96. The minimum atomic E-state index is -2.34. The topological polar surface area (TPSA) is 200 Å². The molecule has 11 atom stereocenters.